The molecule has 114 valence electrons. The van der Waals surface area contributed by atoms with Crippen molar-refractivity contribution in [2.75, 3.05) is 13.2 Å². The van der Waals surface area contributed by atoms with Crippen molar-refractivity contribution in [2.45, 2.75) is 31.7 Å². The third-order valence-electron chi connectivity index (χ3n) is 4.03. The Hall–Kier alpha value is -1.88. The standard InChI is InChI=1S/C16H21NO4/c1-2-16(15(19)20,13-8-4-3-5-9-13)17-14(18)12-7-6-10-21-11-12/h3-5,8-9,12H,2,6-7,10-11H2,1H3,(H,17,18)(H,19,20)/t12-,16-/m1/s1. The van der Waals surface area contributed by atoms with Gasteiger partial charge in [-0.1, -0.05) is 37.3 Å². The van der Waals surface area contributed by atoms with Crippen LogP contribution in [0.2, 0.25) is 0 Å². The zero-order valence-electron chi connectivity index (χ0n) is 12.2. The number of benzene rings is 1. The predicted octanol–water partition coefficient (Wildman–Crippen LogP) is 1.92. The Labute approximate surface area is 124 Å². The van der Waals surface area contributed by atoms with Crippen LogP contribution in [0.1, 0.15) is 31.7 Å². The van der Waals surface area contributed by atoms with Crippen LogP contribution in [-0.4, -0.2) is 30.2 Å². The highest BCUT2D eigenvalue weighted by molar-refractivity contribution is 5.89. The van der Waals surface area contributed by atoms with Crippen LogP contribution in [0.25, 0.3) is 0 Å². The van der Waals surface area contributed by atoms with Crippen LogP contribution >= 0.6 is 0 Å². The molecule has 0 bridgehead atoms. The molecule has 1 aromatic carbocycles. The van der Waals surface area contributed by atoms with Gasteiger partial charge < -0.3 is 15.2 Å². The first kappa shape index (κ1) is 15.5. The summed E-state index contributed by atoms with van der Waals surface area (Å²) < 4.78 is 5.31. The molecule has 0 unspecified atom stereocenters. The topological polar surface area (TPSA) is 75.6 Å². The smallest absolute Gasteiger partial charge is 0.334 e. The molecule has 1 amide bonds. The zero-order chi connectivity index (χ0) is 15.3. The molecule has 0 aromatic heterocycles. The van der Waals surface area contributed by atoms with Crippen LogP contribution in [0.3, 0.4) is 0 Å². The Morgan fingerprint density at radius 3 is 2.62 bits per heavy atom. The molecule has 2 atom stereocenters. The Balaban J connectivity index is 2.24. The monoisotopic (exact) mass is 291 g/mol. The summed E-state index contributed by atoms with van der Waals surface area (Å²) in [4.78, 5) is 24.2. The molecule has 1 heterocycles. The average molecular weight is 291 g/mol. The van der Waals surface area contributed by atoms with E-state index in [1.807, 2.05) is 6.07 Å². The van der Waals surface area contributed by atoms with Crippen LogP contribution in [0.15, 0.2) is 30.3 Å². The first-order valence-electron chi connectivity index (χ1n) is 7.29. The van der Waals surface area contributed by atoms with Crippen molar-refractivity contribution < 1.29 is 19.4 Å². The molecule has 1 fully saturated rings. The van der Waals surface area contributed by atoms with Gasteiger partial charge in [-0.3, -0.25) is 4.79 Å². The summed E-state index contributed by atoms with van der Waals surface area (Å²) in [5.41, 5.74) is -0.791. The van der Waals surface area contributed by atoms with Gasteiger partial charge in [0.15, 0.2) is 5.54 Å². The number of carbonyl (C=O) groups excluding carboxylic acids is 1. The molecule has 0 aliphatic carbocycles. The van der Waals surface area contributed by atoms with E-state index in [9.17, 15) is 14.7 Å². The minimum atomic E-state index is -1.38. The number of aliphatic carboxylic acids is 1. The van der Waals surface area contributed by atoms with E-state index in [0.717, 1.165) is 12.8 Å². The second-order valence-corrected chi connectivity index (χ2v) is 5.33. The summed E-state index contributed by atoms with van der Waals surface area (Å²) in [5, 5.41) is 12.4. The molecule has 1 aliphatic heterocycles. The minimum absolute atomic E-state index is 0.247. The zero-order valence-corrected chi connectivity index (χ0v) is 12.2. The Bertz CT molecular complexity index is 496. The number of hydrogen-bond donors (Lipinski definition) is 2. The van der Waals surface area contributed by atoms with Crippen molar-refractivity contribution in [3.8, 4) is 0 Å². The summed E-state index contributed by atoms with van der Waals surface area (Å²) in [5.74, 6) is -1.56. The van der Waals surface area contributed by atoms with Gasteiger partial charge in [0.1, 0.15) is 0 Å². The molecule has 21 heavy (non-hydrogen) atoms. The third kappa shape index (κ3) is 3.24. The van der Waals surface area contributed by atoms with Crippen LogP contribution in [0, 0.1) is 5.92 Å². The van der Waals surface area contributed by atoms with Crippen molar-refractivity contribution in [3.63, 3.8) is 0 Å². The maximum Gasteiger partial charge on any atom is 0.334 e. The maximum atomic E-state index is 12.4. The summed E-state index contributed by atoms with van der Waals surface area (Å²) in [6.07, 6.45) is 1.85. The first-order chi connectivity index (χ1) is 10.1. The Morgan fingerprint density at radius 1 is 1.38 bits per heavy atom. The predicted molar refractivity (Wildman–Crippen MR) is 77.7 cm³/mol. The van der Waals surface area contributed by atoms with E-state index in [-0.39, 0.29) is 18.2 Å². The van der Waals surface area contributed by atoms with Gasteiger partial charge in [0.05, 0.1) is 12.5 Å². The molecular formula is C16H21NO4. The van der Waals surface area contributed by atoms with Crippen molar-refractivity contribution in [3.05, 3.63) is 35.9 Å². The molecule has 0 spiro atoms. The number of carboxylic acids is 1. The van der Waals surface area contributed by atoms with Crippen molar-refractivity contribution in [2.24, 2.45) is 5.92 Å². The van der Waals surface area contributed by atoms with Gasteiger partial charge >= 0.3 is 5.97 Å². The number of carbonyl (C=O) groups is 2. The first-order valence-corrected chi connectivity index (χ1v) is 7.29. The van der Waals surface area contributed by atoms with E-state index in [2.05, 4.69) is 5.32 Å². The Kier molecular flexibility index (Phi) is 4.96. The fourth-order valence-corrected chi connectivity index (χ4v) is 2.68. The number of amides is 1. The van der Waals surface area contributed by atoms with E-state index in [1.54, 1.807) is 31.2 Å². The van der Waals surface area contributed by atoms with Crippen molar-refractivity contribution in [1.82, 2.24) is 5.32 Å². The lowest BCUT2D eigenvalue weighted by atomic mass is 9.86. The van der Waals surface area contributed by atoms with E-state index < -0.39 is 11.5 Å². The van der Waals surface area contributed by atoms with Crippen LogP contribution in [0.4, 0.5) is 0 Å². The molecule has 0 saturated carbocycles. The highest BCUT2D eigenvalue weighted by Gasteiger charge is 2.41. The molecule has 2 rings (SSSR count). The minimum Gasteiger partial charge on any atom is -0.479 e. The molecule has 1 aliphatic rings. The van der Waals surface area contributed by atoms with Crippen LogP contribution in [-0.2, 0) is 19.9 Å². The summed E-state index contributed by atoms with van der Waals surface area (Å²) in [7, 11) is 0. The molecule has 0 radical (unpaired) electrons. The number of ether oxygens (including phenoxy) is 1. The number of hydrogen-bond acceptors (Lipinski definition) is 3. The second-order valence-electron chi connectivity index (χ2n) is 5.33. The molecule has 1 saturated heterocycles. The number of rotatable bonds is 5. The lowest BCUT2D eigenvalue weighted by Crippen LogP contribution is -2.53. The largest absolute Gasteiger partial charge is 0.479 e. The fourth-order valence-electron chi connectivity index (χ4n) is 2.68. The second kappa shape index (κ2) is 6.72. The van der Waals surface area contributed by atoms with E-state index in [1.165, 1.54) is 0 Å². The van der Waals surface area contributed by atoms with Crippen LogP contribution < -0.4 is 5.32 Å². The van der Waals surface area contributed by atoms with Gasteiger partial charge in [0, 0.05) is 6.61 Å². The van der Waals surface area contributed by atoms with Gasteiger partial charge in [-0.2, -0.15) is 0 Å². The fraction of sp³-hybridized carbons (Fsp3) is 0.500. The lowest BCUT2D eigenvalue weighted by molar-refractivity contribution is -0.150. The molecule has 2 N–H and O–H groups in total. The van der Waals surface area contributed by atoms with Crippen molar-refractivity contribution >= 4 is 11.9 Å². The van der Waals surface area contributed by atoms with Gasteiger partial charge in [-0.25, -0.2) is 4.79 Å². The molecule has 5 nitrogen and oxygen atoms in total. The average Bonchev–Trinajstić information content (AvgIpc) is 2.54. The van der Waals surface area contributed by atoms with Gasteiger partial charge in [0.2, 0.25) is 5.91 Å². The van der Waals surface area contributed by atoms with E-state index in [0.29, 0.717) is 18.8 Å². The highest BCUT2D eigenvalue weighted by atomic mass is 16.5. The van der Waals surface area contributed by atoms with Gasteiger partial charge in [-0.15, -0.1) is 0 Å². The quantitative estimate of drug-likeness (QED) is 0.869. The third-order valence-corrected chi connectivity index (χ3v) is 4.03. The highest BCUT2D eigenvalue weighted by Crippen LogP contribution is 2.27. The normalized spacial score (nSPS) is 21.3. The maximum absolute atomic E-state index is 12.4. The summed E-state index contributed by atoms with van der Waals surface area (Å²) >= 11 is 0. The van der Waals surface area contributed by atoms with Crippen LogP contribution in [0.5, 0.6) is 0 Å². The summed E-state index contributed by atoms with van der Waals surface area (Å²) in [6, 6.07) is 8.84. The Morgan fingerprint density at radius 2 is 2.10 bits per heavy atom. The lowest BCUT2D eigenvalue weighted by Gasteiger charge is -2.32. The molecular weight excluding hydrogens is 270 g/mol. The number of carboxylic acid groups (broad SMARTS) is 1. The number of nitrogens with one attached hydrogen (secondary N) is 1. The van der Waals surface area contributed by atoms with E-state index in [4.69, 9.17) is 4.74 Å². The van der Waals surface area contributed by atoms with Crippen molar-refractivity contribution in [1.29, 1.82) is 0 Å². The van der Waals surface area contributed by atoms with Gasteiger partial charge in [-0.05, 0) is 24.8 Å². The summed E-state index contributed by atoms with van der Waals surface area (Å²) in [6.45, 7) is 2.79. The molecule has 1 aromatic rings. The molecule has 5 heteroatoms. The van der Waals surface area contributed by atoms with Gasteiger partial charge in [0.25, 0.3) is 0 Å². The SMILES string of the molecule is CC[C@](NC(=O)[C@@H]1CCCOC1)(C(=O)O)c1ccccc1. The van der Waals surface area contributed by atoms with E-state index >= 15 is 0 Å².